The third-order valence-corrected chi connectivity index (χ3v) is 4.37. The maximum Gasteiger partial charge on any atom is 0.416 e. The van der Waals surface area contributed by atoms with Crippen LogP contribution in [0, 0.1) is 0 Å². The lowest BCUT2D eigenvalue weighted by molar-refractivity contribution is -0.137. The first-order valence-corrected chi connectivity index (χ1v) is 9.08. The molecule has 1 aliphatic carbocycles. The fourth-order valence-corrected chi connectivity index (χ4v) is 2.76. The number of anilines is 2. The number of aromatic nitrogens is 2. The smallest absolute Gasteiger partial charge is 0.367 e. The van der Waals surface area contributed by atoms with E-state index in [0.29, 0.717) is 17.7 Å². The summed E-state index contributed by atoms with van der Waals surface area (Å²) < 4.78 is 38.7. The number of nitrogens with one attached hydrogen (secondary N) is 2. The molecule has 0 aliphatic heterocycles. The van der Waals surface area contributed by atoms with E-state index in [1.165, 1.54) is 18.2 Å². The quantitative estimate of drug-likeness (QED) is 0.636. The molecule has 1 fully saturated rings. The van der Waals surface area contributed by atoms with Crippen LogP contribution < -0.4 is 10.6 Å². The molecule has 1 saturated carbocycles. The third kappa shape index (κ3) is 4.71. The Morgan fingerprint density at radius 3 is 2.41 bits per heavy atom. The van der Waals surface area contributed by atoms with Gasteiger partial charge in [-0.15, -0.1) is 0 Å². The van der Waals surface area contributed by atoms with Crippen molar-refractivity contribution in [3.63, 3.8) is 0 Å². The van der Waals surface area contributed by atoms with E-state index in [9.17, 15) is 18.0 Å². The van der Waals surface area contributed by atoms with Crippen LogP contribution in [0.5, 0.6) is 0 Å². The van der Waals surface area contributed by atoms with Crippen molar-refractivity contribution in [3.8, 4) is 11.4 Å². The van der Waals surface area contributed by atoms with Crippen molar-refractivity contribution in [1.29, 1.82) is 0 Å². The standard InChI is InChI=1S/C21H17F3N4O/c22-21(23,24)14-7-4-8-16(11-14)26-20(29)17-12-18(25-15-9-10-15)28-19(27-17)13-5-2-1-3-6-13/h1-8,11-12,15H,9-10H2,(H,26,29)(H,25,27,28). The molecule has 0 unspecified atom stereocenters. The van der Waals surface area contributed by atoms with Crippen molar-refractivity contribution < 1.29 is 18.0 Å². The molecule has 29 heavy (non-hydrogen) atoms. The Balaban J connectivity index is 1.63. The van der Waals surface area contributed by atoms with Crippen LogP contribution in [-0.4, -0.2) is 21.9 Å². The predicted molar refractivity (Wildman–Crippen MR) is 104 cm³/mol. The van der Waals surface area contributed by atoms with Crippen LogP contribution in [0.1, 0.15) is 28.9 Å². The van der Waals surface area contributed by atoms with Crippen molar-refractivity contribution in [3.05, 3.63) is 71.9 Å². The first kappa shape index (κ1) is 18.9. The van der Waals surface area contributed by atoms with Gasteiger partial charge in [0.05, 0.1) is 5.56 Å². The molecule has 1 amide bonds. The summed E-state index contributed by atoms with van der Waals surface area (Å²) in [4.78, 5) is 21.5. The summed E-state index contributed by atoms with van der Waals surface area (Å²) in [5, 5.41) is 5.72. The Bertz CT molecular complexity index is 1030. The van der Waals surface area contributed by atoms with E-state index in [4.69, 9.17) is 0 Å². The average Bonchev–Trinajstić information content (AvgIpc) is 3.52. The van der Waals surface area contributed by atoms with Crippen molar-refractivity contribution in [1.82, 2.24) is 9.97 Å². The zero-order chi connectivity index (χ0) is 20.4. The van der Waals surface area contributed by atoms with Crippen LogP contribution in [0.2, 0.25) is 0 Å². The van der Waals surface area contributed by atoms with Gasteiger partial charge in [0.15, 0.2) is 5.82 Å². The summed E-state index contributed by atoms with van der Waals surface area (Å²) in [6, 6.07) is 15.5. The van der Waals surface area contributed by atoms with E-state index in [2.05, 4.69) is 20.6 Å². The lowest BCUT2D eigenvalue weighted by atomic mass is 10.2. The number of nitrogens with zero attached hydrogens (tertiary/aromatic N) is 2. The summed E-state index contributed by atoms with van der Waals surface area (Å²) in [5.41, 5.74) is 0.0138. The van der Waals surface area contributed by atoms with E-state index in [0.717, 1.165) is 30.5 Å². The van der Waals surface area contributed by atoms with Crippen molar-refractivity contribution in [2.75, 3.05) is 10.6 Å². The van der Waals surface area contributed by atoms with Gasteiger partial charge < -0.3 is 10.6 Å². The minimum Gasteiger partial charge on any atom is -0.367 e. The van der Waals surface area contributed by atoms with E-state index < -0.39 is 17.6 Å². The first-order chi connectivity index (χ1) is 13.9. The molecule has 5 nitrogen and oxygen atoms in total. The minimum absolute atomic E-state index is 0.0430. The van der Waals surface area contributed by atoms with Crippen LogP contribution in [0.25, 0.3) is 11.4 Å². The summed E-state index contributed by atoms with van der Waals surface area (Å²) in [6.45, 7) is 0. The molecule has 1 heterocycles. The van der Waals surface area contributed by atoms with Gasteiger partial charge in [-0.25, -0.2) is 9.97 Å². The third-order valence-electron chi connectivity index (χ3n) is 4.37. The fourth-order valence-electron chi connectivity index (χ4n) is 2.76. The molecule has 0 radical (unpaired) electrons. The second-order valence-corrected chi connectivity index (χ2v) is 6.78. The topological polar surface area (TPSA) is 66.9 Å². The molecule has 3 aromatic rings. The van der Waals surface area contributed by atoms with E-state index in [1.54, 1.807) is 0 Å². The molecule has 148 valence electrons. The van der Waals surface area contributed by atoms with Gasteiger partial charge in [0.2, 0.25) is 0 Å². The molecule has 1 aromatic heterocycles. The summed E-state index contributed by atoms with van der Waals surface area (Å²) in [6.07, 6.45) is -2.44. The van der Waals surface area contributed by atoms with Gasteiger partial charge >= 0.3 is 6.18 Å². The zero-order valence-electron chi connectivity index (χ0n) is 15.2. The Morgan fingerprint density at radius 1 is 0.966 bits per heavy atom. The number of rotatable bonds is 5. The van der Waals surface area contributed by atoms with E-state index in [-0.39, 0.29) is 11.4 Å². The first-order valence-electron chi connectivity index (χ1n) is 9.08. The van der Waals surface area contributed by atoms with E-state index in [1.807, 2.05) is 30.3 Å². The van der Waals surface area contributed by atoms with Gasteiger partial charge in [-0.05, 0) is 31.0 Å². The van der Waals surface area contributed by atoms with Gasteiger partial charge in [-0.1, -0.05) is 36.4 Å². The Labute approximate surface area is 165 Å². The molecule has 2 aromatic carbocycles. The van der Waals surface area contributed by atoms with Crippen molar-refractivity contribution >= 4 is 17.4 Å². The lowest BCUT2D eigenvalue weighted by Gasteiger charge is -2.11. The Kier molecular flexibility index (Phi) is 4.92. The highest BCUT2D eigenvalue weighted by atomic mass is 19.4. The highest BCUT2D eigenvalue weighted by Crippen LogP contribution is 2.31. The number of halogens is 3. The molecule has 0 spiro atoms. The van der Waals surface area contributed by atoms with Gasteiger partial charge in [0, 0.05) is 23.4 Å². The molecular formula is C21H17F3N4O. The largest absolute Gasteiger partial charge is 0.416 e. The molecule has 0 saturated heterocycles. The fraction of sp³-hybridized carbons (Fsp3) is 0.190. The number of carbonyl (C=O) groups excluding carboxylic acids is 1. The van der Waals surface area contributed by atoms with Gasteiger partial charge in [-0.2, -0.15) is 13.2 Å². The predicted octanol–water partition coefficient (Wildman–Crippen LogP) is 4.99. The minimum atomic E-state index is -4.49. The van der Waals surface area contributed by atoms with E-state index >= 15 is 0 Å². The highest BCUT2D eigenvalue weighted by molar-refractivity contribution is 6.03. The normalized spacial score (nSPS) is 13.8. The van der Waals surface area contributed by atoms with Crippen LogP contribution in [0.3, 0.4) is 0 Å². The van der Waals surface area contributed by atoms with Crippen LogP contribution in [-0.2, 0) is 6.18 Å². The second kappa shape index (κ2) is 7.54. The maximum absolute atomic E-state index is 12.9. The monoisotopic (exact) mass is 398 g/mol. The summed E-state index contributed by atoms with van der Waals surface area (Å²) >= 11 is 0. The van der Waals surface area contributed by atoms with Gasteiger partial charge in [0.1, 0.15) is 11.5 Å². The second-order valence-electron chi connectivity index (χ2n) is 6.78. The molecular weight excluding hydrogens is 381 g/mol. The summed E-state index contributed by atoms with van der Waals surface area (Å²) in [5.74, 6) is 0.267. The molecule has 0 bridgehead atoms. The van der Waals surface area contributed by atoms with Crippen LogP contribution in [0.15, 0.2) is 60.7 Å². The zero-order valence-corrected chi connectivity index (χ0v) is 15.2. The molecule has 8 heteroatoms. The molecule has 0 atom stereocenters. The molecule has 1 aliphatic rings. The van der Waals surface area contributed by atoms with Gasteiger partial charge in [-0.3, -0.25) is 4.79 Å². The number of amides is 1. The lowest BCUT2D eigenvalue weighted by Crippen LogP contribution is -2.16. The number of alkyl halides is 3. The Hall–Kier alpha value is -3.42. The summed E-state index contributed by atoms with van der Waals surface area (Å²) in [7, 11) is 0. The van der Waals surface area contributed by atoms with Crippen molar-refractivity contribution in [2.24, 2.45) is 0 Å². The van der Waals surface area contributed by atoms with Gasteiger partial charge in [0.25, 0.3) is 5.91 Å². The number of benzene rings is 2. The number of hydrogen-bond acceptors (Lipinski definition) is 4. The number of carbonyl (C=O) groups is 1. The SMILES string of the molecule is O=C(Nc1cccc(C(F)(F)F)c1)c1cc(NC2CC2)nc(-c2ccccc2)n1. The molecule has 2 N–H and O–H groups in total. The van der Waals surface area contributed by atoms with Crippen molar-refractivity contribution in [2.45, 2.75) is 25.1 Å². The number of hydrogen-bond donors (Lipinski definition) is 2. The molecule has 4 rings (SSSR count). The average molecular weight is 398 g/mol. The van der Waals surface area contributed by atoms with Crippen LogP contribution >= 0.6 is 0 Å². The van der Waals surface area contributed by atoms with Crippen LogP contribution in [0.4, 0.5) is 24.7 Å². The highest BCUT2D eigenvalue weighted by Gasteiger charge is 2.30. The maximum atomic E-state index is 12.9. The Morgan fingerprint density at radius 2 is 1.72 bits per heavy atom.